The van der Waals surface area contributed by atoms with Crippen LogP contribution in [-0.4, -0.2) is 26.4 Å². The van der Waals surface area contributed by atoms with Crippen molar-refractivity contribution in [3.8, 4) is 5.75 Å². The quantitative estimate of drug-likeness (QED) is 0.570. The highest BCUT2D eigenvalue weighted by atomic mass is 35.5. The number of halogens is 2. The van der Waals surface area contributed by atoms with Gasteiger partial charge in [-0.1, -0.05) is 47.1 Å². The maximum Gasteiger partial charge on any atom is 0.234 e. The smallest absolute Gasteiger partial charge is 0.234 e. The van der Waals surface area contributed by atoms with Crippen LogP contribution in [0.25, 0.3) is 0 Å². The Morgan fingerprint density at radius 3 is 2.63 bits per heavy atom. The van der Waals surface area contributed by atoms with Gasteiger partial charge in [0.2, 0.25) is 5.91 Å². The Kier molecular flexibility index (Phi) is 6.60. The lowest BCUT2D eigenvalue weighted by Gasteiger charge is -2.07. The Morgan fingerprint density at radius 2 is 1.89 bits per heavy atom. The third-order valence-corrected chi connectivity index (χ3v) is 5.19. The minimum atomic E-state index is -0.171. The number of nitrogens with one attached hydrogen (secondary N) is 1. The molecule has 6 nitrogen and oxygen atoms in total. The minimum Gasteiger partial charge on any atom is -0.486 e. The van der Waals surface area contributed by atoms with Gasteiger partial charge in [-0.3, -0.25) is 4.79 Å². The van der Waals surface area contributed by atoms with Crippen LogP contribution in [0.4, 0.5) is 5.69 Å². The van der Waals surface area contributed by atoms with Crippen LogP contribution in [-0.2, 0) is 18.4 Å². The number of anilines is 1. The van der Waals surface area contributed by atoms with Crippen LogP contribution < -0.4 is 10.1 Å². The molecule has 0 bridgehead atoms. The molecule has 3 rings (SSSR count). The van der Waals surface area contributed by atoms with E-state index >= 15 is 0 Å². The van der Waals surface area contributed by atoms with Crippen molar-refractivity contribution in [3.63, 3.8) is 0 Å². The van der Waals surface area contributed by atoms with Crippen molar-refractivity contribution in [3.05, 3.63) is 64.4 Å². The number of carbonyl (C=O) groups excluding carboxylic acids is 1. The lowest BCUT2D eigenvalue weighted by molar-refractivity contribution is -0.113. The summed E-state index contributed by atoms with van der Waals surface area (Å²) >= 11 is 13.2. The molecule has 0 aliphatic carbocycles. The maximum atomic E-state index is 12.1. The molecular formula is C18H16Cl2N4O2S. The third kappa shape index (κ3) is 5.38. The molecule has 0 aliphatic heterocycles. The third-order valence-electron chi connectivity index (χ3n) is 3.59. The Bertz CT molecular complexity index is 931. The second-order valence-electron chi connectivity index (χ2n) is 5.52. The largest absolute Gasteiger partial charge is 0.486 e. The molecule has 0 atom stereocenters. The summed E-state index contributed by atoms with van der Waals surface area (Å²) in [7, 11) is 1.83. The van der Waals surface area contributed by atoms with Crippen molar-refractivity contribution in [2.24, 2.45) is 7.05 Å². The van der Waals surface area contributed by atoms with E-state index in [0.717, 1.165) is 0 Å². The molecule has 140 valence electrons. The zero-order valence-corrected chi connectivity index (χ0v) is 16.7. The first-order valence-electron chi connectivity index (χ1n) is 7.97. The minimum absolute atomic E-state index is 0.171. The van der Waals surface area contributed by atoms with Crippen molar-refractivity contribution in [2.75, 3.05) is 11.1 Å². The van der Waals surface area contributed by atoms with Crippen molar-refractivity contribution in [2.45, 2.75) is 11.8 Å². The molecule has 1 N–H and O–H groups in total. The number of nitrogens with zero attached hydrogens (tertiary/aromatic N) is 3. The first-order valence-corrected chi connectivity index (χ1v) is 9.71. The van der Waals surface area contributed by atoms with Gasteiger partial charge in [0, 0.05) is 12.1 Å². The molecule has 0 aliphatic rings. The van der Waals surface area contributed by atoms with Gasteiger partial charge in [0.1, 0.15) is 12.4 Å². The van der Waals surface area contributed by atoms with Gasteiger partial charge in [0.05, 0.1) is 16.5 Å². The number of amides is 1. The van der Waals surface area contributed by atoms with Crippen molar-refractivity contribution in [1.82, 2.24) is 14.8 Å². The van der Waals surface area contributed by atoms with E-state index in [2.05, 4.69) is 15.5 Å². The molecule has 1 aromatic heterocycles. The summed E-state index contributed by atoms with van der Waals surface area (Å²) in [6.45, 7) is 0.261. The average Bonchev–Trinajstić information content (AvgIpc) is 3.01. The van der Waals surface area contributed by atoms with Gasteiger partial charge in [-0.05, 0) is 36.4 Å². The lowest BCUT2D eigenvalue weighted by atomic mass is 10.3. The van der Waals surface area contributed by atoms with Crippen LogP contribution in [0.2, 0.25) is 10.0 Å². The fourth-order valence-corrected chi connectivity index (χ4v) is 3.19. The Morgan fingerprint density at radius 1 is 1.15 bits per heavy atom. The van der Waals surface area contributed by atoms with Crippen LogP contribution in [0.15, 0.2) is 53.7 Å². The average molecular weight is 423 g/mol. The highest BCUT2D eigenvalue weighted by Gasteiger charge is 2.13. The fraction of sp³-hybridized carbons (Fsp3) is 0.167. The SMILES string of the molecule is Cn1c(COc2ccc(Cl)cc2)nnc1SCC(=O)Nc1ccccc1Cl. The van der Waals surface area contributed by atoms with Gasteiger partial charge in [-0.2, -0.15) is 0 Å². The molecule has 0 radical (unpaired) electrons. The highest BCUT2D eigenvalue weighted by molar-refractivity contribution is 7.99. The monoisotopic (exact) mass is 422 g/mol. The van der Waals surface area contributed by atoms with E-state index in [-0.39, 0.29) is 18.3 Å². The highest BCUT2D eigenvalue weighted by Crippen LogP contribution is 2.22. The number of thioether (sulfide) groups is 1. The van der Waals surface area contributed by atoms with Crippen LogP contribution in [0.1, 0.15) is 5.82 Å². The molecule has 27 heavy (non-hydrogen) atoms. The zero-order valence-electron chi connectivity index (χ0n) is 14.4. The van der Waals surface area contributed by atoms with Crippen molar-refractivity contribution < 1.29 is 9.53 Å². The van der Waals surface area contributed by atoms with Crippen LogP contribution >= 0.6 is 35.0 Å². The molecule has 0 fully saturated rings. The van der Waals surface area contributed by atoms with Gasteiger partial charge in [-0.25, -0.2) is 0 Å². The van der Waals surface area contributed by atoms with Crippen LogP contribution in [0, 0.1) is 0 Å². The van der Waals surface area contributed by atoms with Crippen molar-refractivity contribution >= 4 is 46.6 Å². The topological polar surface area (TPSA) is 69.0 Å². The number of aromatic nitrogens is 3. The van der Waals surface area contributed by atoms with E-state index < -0.39 is 0 Å². The Labute approximate surface area is 170 Å². The predicted octanol–water partition coefficient (Wildman–Crippen LogP) is 4.43. The molecule has 0 saturated heterocycles. The molecule has 0 unspecified atom stereocenters. The van der Waals surface area contributed by atoms with Gasteiger partial charge >= 0.3 is 0 Å². The molecule has 0 spiro atoms. The summed E-state index contributed by atoms with van der Waals surface area (Å²) in [4.78, 5) is 12.1. The number of benzene rings is 2. The summed E-state index contributed by atoms with van der Waals surface area (Å²) in [5, 5.41) is 12.8. The number of hydrogen-bond acceptors (Lipinski definition) is 5. The molecule has 1 amide bonds. The van der Waals surface area contributed by atoms with Gasteiger partial charge in [-0.15, -0.1) is 10.2 Å². The van der Waals surface area contributed by atoms with E-state index in [1.807, 2.05) is 13.1 Å². The number of ether oxygens (including phenoxy) is 1. The molecule has 3 aromatic rings. The van der Waals surface area contributed by atoms with E-state index in [9.17, 15) is 4.79 Å². The predicted molar refractivity (Wildman–Crippen MR) is 108 cm³/mol. The second-order valence-corrected chi connectivity index (χ2v) is 7.30. The molecule has 2 aromatic carbocycles. The molecule has 1 heterocycles. The maximum absolute atomic E-state index is 12.1. The van der Waals surface area contributed by atoms with E-state index in [4.69, 9.17) is 27.9 Å². The van der Waals surface area contributed by atoms with Gasteiger partial charge < -0.3 is 14.6 Å². The Hall–Kier alpha value is -2.22. The second kappa shape index (κ2) is 9.12. The van der Waals surface area contributed by atoms with E-state index in [0.29, 0.717) is 32.5 Å². The normalized spacial score (nSPS) is 10.6. The van der Waals surface area contributed by atoms with Gasteiger partial charge in [0.15, 0.2) is 11.0 Å². The zero-order chi connectivity index (χ0) is 19.2. The summed E-state index contributed by atoms with van der Waals surface area (Å²) in [6, 6.07) is 14.2. The summed E-state index contributed by atoms with van der Waals surface area (Å²) in [6.07, 6.45) is 0. The number of carbonyl (C=O) groups is 1. The van der Waals surface area contributed by atoms with Crippen molar-refractivity contribution in [1.29, 1.82) is 0 Å². The van der Waals surface area contributed by atoms with E-state index in [1.165, 1.54) is 11.8 Å². The summed E-state index contributed by atoms with van der Waals surface area (Å²) in [5.74, 6) is 1.36. The summed E-state index contributed by atoms with van der Waals surface area (Å²) < 4.78 is 7.47. The number of hydrogen-bond donors (Lipinski definition) is 1. The van der Waals surface area contributed by atoms with Crippen LogP contribution in [0.5, 0.6) is 5.75 Å². The first kappa shape index (κ1) is 19.5. The number of rotatable bonds is 7. The lowest BCUT2D eigenvalue weighted by Crippen LogP contribution is -2.14. The molecule has 0 saturated carbocycles. The van der Waals surface area contributed by atoms with E-state index in [1.54, 1.807) is 47.0 Å². The summed E-state index contributed by atoms with van der Waals surface area (Å²) in [5.41, 5.74) is 0.583. The van der Waals surface area contributed by atoms with Crippen LogP contribution in [0.3, 0.4) is 0 Å². The van der Waals surface area contributed by atoms with Gasteiger partial charge in [0.25, 0.3) is 0 Å². The standard InChI is InChI=1S/C18H16Cl2N4O2S/c1-24-16(10-26-13-8-6-12(19)7-9-13)22-23-18(24)27-11-17(25)21-15-5-3-2-4-14(15)20/h2-9H,10-11H2,1H3,(H,21,25). The molecular weight excluding hydrogens is 407 g/mol. The number of para-hydroxylation sites is 1. The first-order chi connectivity index (χ1) is 13.0. The molecule has 9 heteroatoms. The fourth-order valence-electron chi connectivity index (χ4n) is 2.15. The Balaban J connectivity index is 1.53.